The molecule has 0 spiro atoms. The van der Waals surface area contributed by atoms with E-state index < -0.39 is 17.7 Å². The molecule has 3 heterocycles. The van der Waals surface area contributed by atoms with E-state index in [0.717, 1.165) is 71.4 Å². The van der Waals surface area contributed by atoms with Crippen LogP contribution in [-0.2, 0) is 20.7 Å². The van der Waals surface area contributed by atoms with Crippen molar-refractivity contribution in [2.24, 2.45) is 0 Å². The van der Waals surface area contributed by atoms with Crippen molar-refractivity contribution in [3.05, 3.63) is 65.3 Å². The van der Waals surface area contributed by atoms with E-state index in [1.165, 1.54) is 13.0 Å². The van der Waals surface area contributed by atoms with E-state index in [1.807, 2.05) is 32.0 Å². The number of anilines is 1. The summed E-state index contributed by atoms with van der Waals surface area (Å²) < 4.78 is 41.2. The molecule has 1 saturated heterocycles. The number of aromatic nitrogens is 3. The molecule has 1 atom stereocenters. The highest BCUT2D eigenvalue weighted by atomic mass is 19.2. The molecule has 1 amide bonds. The van der Waals surface area contributed by atoms with E-state index in [1.54, 1.807) is 4.90 Å². The minimum absolute atomic E-state index is 0.0682. The van der Waals surface area contributed by atoms with Gasteiger partial charge in [0.1, 0.15) is 17.7 Å². The number of nitrogens with zero attached hydrogens (tertiary/aromatic N) is 4. The fraction of sp³-hybridized carbons (Fsp3) is 0.419. The lowest BCUT2D eigenvalue weighted by atomic mass is 9.92. The van der Waals surface area contributed by atoms with Crippen molar-refractivity contribution in [3.63, 3.8) is 0 Å². The summed E-state index contributed by atoms with van der Waals surface area (Å²) >= 11 is 0. The van der Waals surface area contributed by atoms with Crippen LogP contribution in [0.15, 0.2) is 40.9 Å². The molecule has 4 aromatic rings. The van der Waals surface area contributed by atoms with Crippen LogP contribution in [0.3, 0.4) is 0 Å². The molecule has 2 aromatic carbocycles. The minimum atomic E-state index is -1.00. The molecule has 10 heteroatoms. The highest BCUT2D eigenvalue weighted by Crippen LogP contribution is 2.42. The topological polar surface area (TPSA) is 90.5 Å². The molecule has 2 fully saturated rings. The van der Waals surface area contributed by atoms with E-state index >= 15 is 0 Å². The van der Waals surface area contributed by atoms with Crippen molar-refractivity contribution in [1.82, 2.24) is 14.7 Å². The largest absolute Gasteiger partial charge is 0.463 e. The Bertz CT molecular complexity index is 1640. The van der Waals surface area contributed by atoms with Gasteiger partial charge in [-0.3, -0.25) is 9.59 Å². The third-order valence-electron chi connectivity index (χ3n) is 8.29. The van der Waals surface area contributed by atoms with E-state index in [-0.39, 0.29) is 30.4 Å². The van der Waals surface area contributed by atoms with Gasteiger partial charge in [-0.25, -0.2) is 13.8 Å². The minimum Gasteiger partial charge on any atom is -0.463 e. The zero-order chi connectivity index (χ0) is 28.8. The number of rotatable bonds is 6. The average molecular weight is 563 g/mol. The maximum Gasteiger partial charge on any atom is 0.302 e. The van der Waals surface area contributed by atoms with Crippen molar-refractivity contribution >= 4 is 28.6 Å². The van der Waals surface area contributed by atoms with Gasteiger partial charge >= 0.3 is 5.97 Å². The summed E-state index contributed by atoms with van der Waals surface area (Å²) in [5.74, 6) is -0.892. The van der Waals surface area contributed by atoms with Crippen LogP contribution in [0.25, 0.3) is 22.2 Å². The smallest absolute Gasteiger partial charge is 0.302 e. The summed E-state index contributed by atoms with van der Waals surface area (Å²) in [6, 6.07) is 9.29. The SMILES string of the molecule is CCc1onc(C)c1-c1ccc2c(c1)nc([C@@H]1CCC(=O)N1c1ccc(F)c(F)c1)n2C1CCC(OC(C)=O)CC1. The van der Waals surface area contributed by atoms with Crippen molar-refractivity contribution in [2.75, 3.05) is 4.90 Å². The standard InChI is InChI=1S/C31H32F2N4O4/c1-4-28-30(17(2)35-41-28)19-5-12-26-25(15-19)34-31(37(26)20-6-9-22(10-7-20)40-18(3)38)27-13-14-29(39)36(27)21-8-11-23(32)24(33)16-21/h5,8,11-12,15-16,20,22,27H,4,6-7,9-10,13-14H2,1-3H3/t20?,22?,27-/m0/s1. The first kappa shape index (κ1) is 27.1. The Hall–Kier alpha value is -4.08. The number of amides is 1. The lowest BCUT2D eigenvalue weighted by Crippen LogP contribution is -2.31. The van der Waals surface area contributed by atoms with Gasteiger partial charge in [-0.1, -0.05) is 18.1 Å². The molecular formula is C31H32F2N4O4. The monoisotopic (exact) mass is 562 g/mol. The van der Waals surface area contributed by atoms with Gasteiger partial charge in [0.15, 0.2) is 11.6 Å². The van der Waals surface area contributed by atoms with Crippen LogP contribution in [0, 0.1) is 18.6 Å². The Labute approximate surface area is 236 Å². The first-order valence-corrected chi connectivity index (χ1v) is 14.2. The van der Waals surface area contributed by atoms with Crippen molar-refractivity contribution < 1.29 is 27.6 Å². The molecule has 0 bridgehead atoms. The number of ether oxygens (including phenoxy) is 1. The second-order valence-corrected chi connectivity index (χ2v) is 10.9. The van der Waals surface area contributed by atoms with Gasteiger partial charge in [0.05, 0.1) is 22.8 Å². The van der Waals surface area contributed by atoms with Crippen LogP contribution in [0.1, 0.15) is 81.7 Å². The van der Waals surface area contributed by atoms with Crippen LogP contribution in [0.4, 0.5) is 14.5 Å². The zero-order valence-electron chi connectivity index (χ0n) is 23.3. The number of aryl methyl sites for hydroxylation is 2. The van der Waals surface area contributed by atoms with E-state index in [2.05, 4.69) is 9.72 Å². The number of carbonyl (C=O) groups is 2. The lowest BCUT2D eigenvalue weighted by Gasteiger charge is -2.32. The van der Waals surface area contributed by atoms with Crippen LogP contribution < -0.4 is 4.90 Å². The molecule has 214 valence electrons. The fourth-order valence-electron chi connectivity index (χ4n) is 6.46. The molecule has 41 heavy (non-hydrogen) atoms. The molecule has 1 aliphatic carbocycles. The quantitative estimate of drug-likeness (QED) is 0.241. The molecule has 8 nitrogen and oxygen atoms in total. The number of carbonyl (C=O) groups excluding carboxylic acids is 2. The van der Waals surface area contributed by atoms with Crippen molar-refractivity contribution in [3.8, 4) is 11.1 Å². The van der Waals surface area contributed by atoms with E-state index in [0.29, 0.717) is 24.4 Å². The summed E-state index contributed by atoms with van der Waals surface area (Å²) in [7, 11) is 0. The molecule has 6 rings (SSSR count). The first-order chi connectivity index (χ1) is 19.7. The maximum absolute atomic E-state index is 14.2. The molecule has 0 radical (unpaired) electrons. The summed E-state index contributed by atoms with van der Waals surface area (Å²) in [5, 5.41) is 4.16. The predicted octanol–water partition coefficient (Wildman–Crippen LogP) is 6.76. The molecular weight excluding hydrogens is 530 g/mol. The highest BCUT2D eigenvalue weighted by Gasteiger charge is 2.39. The average Bonchev–Trinajstić information content (AvgIpc) is 3.64. The Morgan fingerprint density at radius 3 is 2.56 bits per heavy atom. The van der Waals surface area contributed by atoms with Crippen molar-refractivity contribution in [1.29, 1.82) is 0 Å². The number of fused-ring (bicyclic) bond motifs is 1. The van der Waals surface area contributed by atoms with Gasteiger partial charge in [-0.05, 0) is 68.9 Å². The van der Waals surface area contributed by atoms with Gasteiger partial charge in [0.2, 0.25) is 5.91 Å². The third-order valence-corrected chi connectivity index (χ3v) is 8.29. The highest BCUT2D eigenvalue weighted by molar-refractivity contribution is 5.96. The Balaban J connectivity index is 1.46. The molecule has 1 aliphatic heterocycles. The molecule has 0 N–H and O–H groups in total. The number of imidazole rings is 1. The van der Waals surface area contributed by atoms with Crippen LogP contribution in [0.2, 0.25) is 0 Å². The van der Waals surface area contributed by atoms with Gasteiger partial charge in [-0.2, -0.15) is 0 Å². The lowest BCUT2D eigenvalue weighted by molar-refractivity contribution is -0.148. The molecule has 0 unspecified atom stereocenters. The van der Waals surface area contributed by atoms with Gasteiger partial charge < -0.3 is 18.7 Å². The molecule has 1 saturated carbocycles. The Morgan fingerprint density at radius 1 is 1.07 bits per heavy atom. The summed E-state index contributed by atoms with van der Waals surface area (Å²) in [6.07, 6.45) is 4.34. The number of benzene rings is 2. The number of esters is 1. The maximum atomic E-state index is 14.2. The number of hydrogen-bond acceptors (Lipinski definition) is 6. The number of hydrogen-bond donors (Lipinski definition) is 0. The third kappa shape index (κ3) is 4.89. The van der Waals surface area contributed by atoms with Crippen molar-refractivity contribution in [2.45, 2.75) is 83.9 Å². The van der Waals surface area contributed by atoms with E-state index in [9.17, 15) is 18.4 Å². The van der Waals surface area contributed by atoms with Gasteiger partial charge in [0, 0.05) is 43.1 Å². The van der Waals surface area contributed by atoms with Crippen LogP contribution in [-0.4, -0.2) is 32.7 Å². The summed E-state index contributed by atoms with van der Waals surface area (Å²) in [6.45, 7) is 5.36. The summed E-state index contributed by atoms with van der Waals surface area (Å²) in [4.78, 5) is 31.3. The zero-order valence-corrected chi connectivity index (χ0v) is 23.3. The fourth-order valence-corrected chi connectivity index (χ4v) is 6.46. The van der Waals surface area contributed by atoms with E-state index in [4.69, 9.17) is 14.2 Å². The number of halogens is 2. The first-order valence-electron chi connectivity index (χ1n) is 14.2. The Kier molecular flexibility index (Phi) is 7.09. The molecule has 2 aliphatic rings. The van der Waals surface area contributed by atoms with Gasteiger partial charge in [0.25, 0.3) is 0 Å². The predicted molar refractivity (Wildman–Crippen MR) is 148 cm³/mol. The van der Waals surface area contributed by atoms with Crippen LogP contribution in [0.5, 0.6) is 0 Å². The normalized spacial score (nSPS) is 21.1. The second-order valence-electron chi connectivity index (χ2n) is 10.9. The van der Waals surface area contributed by atoms with Crippen LogP contribution >= 0.6 is 0 Å². The summed E-state index contributed by atoms with van der Waals surface area (Å²) in [5.41, 5.74) is 4.70. The second kappa shape index (κ2) is 10.7. The van der Waals surface area contributed by atoms with Gasteiger partial charge in [-0.15, -0.1) is 0 Å². The Morgan fingerprint density at radius 2 is 1.85 bits per heavy atom. The molecule has 2 aromatic heterocycles.